The summed E-state index contributed by atoms with van der Waals surface area (Å²) in [6.45, 7) is 0.826. The first-order chi connectivity index (χ1) is 7.99. The van der Waals surface area contributed by atoms with Crippen molar-refractivity contribution in [2.75, 3.05) is 31.7 Å². The van der Waals surface area contributed by atoms with E-state index in [-0.39, 0.29) is 11.6 Å². The summed E-state index contributed by atoms with van der Waals surface area (Å²) in [4.78, 5) is 13.5. The van der Waals surface area contributed by atoms with Gasteiger partial charge >= 0.3 is 0 Å². The molecule has 0 radical (unpaired) electrons. The molecule has 0 saturated heterocycles. The van der Waals surface area contributed by atoms with E-state index in [1.807, 2.05) is 19.0 Å². The molecule has 1 amide bonds. The van der Waals surface area contributed by atoms with Gasteiger partial charge in [-0.1, -0.05) is 0 Å². The Bertz CT molecular complexity index is 393. The van der Waals surface area contributed by atoms with Crippen LogP contribution in [0.1, 0.15) is 12.8 Å². The fraction of sp³-hybridized carbons (Fsp3) is 0.417. The van der Waals surface area contributed by atoms with Crippen LogP contribution < -0.4 is 11.1 Å². The summed E-state index contributed by atoms with van der Waals surface area (Å²) >= 11 is 0. The number of hydrogen-bond donors (Lipinski definition) is 2. The second kappa shape index (κ2) is 6.20. The number of rotatable bonds is 5. The van der Waals surface area contributed by atoms with Crippen molar-refractivity contribution in [1.29, 1.82) is 0 Å². The monoisotopic (exact) mass is 239 g/mol. The highest BCUT2D eigenvalue weighted by Gasteiger charge is 2.07. The lowest BCUT2D eigenvalue weighted by atomic mass is 10.2. The lowest BCUT2D eigenvalue weighted by molar-refractivity contribution is -0.116. The van der Waals surface area contributed by atoms with Gasteiger partial charge in [-0.05, 0) is 45.3 Å². The summed E-state index contributed by atoms with van der Waals surface area (Å²) in [6, 6.07) is 4.11. The van der Waals surface area contributed by atoms with Crippen LogP contribution in [0.3, 0.4) is 0 Å². The Balaban J connectivity index is 2.47. The van der Waals surface area contributed by atoms with Crippen LogP contribution in [-0.2, 0) is 4.79 Å². The van der Waals surface area contributed by atoms with E-state index in [1.165, 1.54) is 18.2 Å². The number of carbonyl (C=O) groups is 1. The molecule has 94 valence electrons. The first-order valence-electron chi connectivity index (χ1n) is 5.48. The minimum absolute atomic E-state index is 0.139. The summed E-state index contributed by atoms with van der Waals surface area (Å²) in [5.74, 6) is -0.670. The Morgan fingerprint density at radius 1 is 1.47 bits per heavy atom. The van der Waals surface area contributed by atoms with Crippen molar-refractivity contribution in [3.8, 4) is 0 Å². The number of anilines is 2. The number of nitrogens with one attached hydrogen (secondary N) is 1. The van der Waals surface area contributed by atoms with Crippen molar-refractivity contribution in [2.24, 2.45) is 0 Å². The number of halogens is 1. The van der Waals surface area contributed by atoms with Crippen LogP contribution in [0.5, 0.6) is 0 Å². The first-order valence-corrected chi connectivity index (χ1v) is 5.48. The Morgan fingerprint density at radius 2 is 2.18 bits per heavy atom. The summed E-state index contributed by atoms with van der Waals surface area (Å²) in [6.07, 6.45) is 1.11. The van der Waals surface area contributed by atoms with Crippen molar-refractivity contribution in [1.82, 2.24) is 4.90 Å². The number of amides is 1. The van der Waals surface area contributed by atoms with Crippen LogP contribution in [0, 0.1) is 5.82 Å². The highest BCUT2D eigenvalue weighted by molar-refractivity contribution is 5.91. The zero-order valence-corrected chi connectivity index (χ0v) is 10.2. The lowest BCUT2D eigenvalue weighted by Gasteiger charge is -2.10. The maximum atomic E-state index is 13.3. The number of nitrogens with two attached hydrogens (primary N) is 1. The van der Waals surface area contributed by atoms with Gasteiger partial charge in [0.2, 0.25) is 5.91 Å². The third-order valence-electron chi connectivity index (χ3n) is 2.27. The summed E-state index contributed by atoms with van der Waals surface area (Å²) in [7, 11) is 3.88. The SMILES string of the molecule is CN(C)CCCC(=O)Nc1cc(N)ccc1F. The average molecular weight is 239 g/mol. The normalized spacial score (nSPS) is 10.6. The van der Waals surface area contributed by atoms with Crippen LogP contribution in [0.25, 0.3) is 0 Å². The van der Waals surface area contributed by atoms with Gasteiger partial charge in [0.1, 0.15) is 5.82 Å². The van der Waals surface area contributed by atoms with Crippen molar-refractivity contribution in [2.45, 2.75) is 12.8 Å². The van der Waals surface area contributed by atoms with Gasteiger partial charge in [-0.3, -0.25) is 4.79 Å². The van der Waals surface area contributed by atoms with Crippen LogP contribution >= 0.6 is 0 Å². The highest BCUT2D eigenvalue weighted by atomic mass is 19.1. The molecule has 0 unspecified atom stereocenters. The highest BCUT2D eigenvalue weighted by Crippen LogP contribution is 2.17. The van der Waals surface area contributed by atoms with E-state index in [4.69, 9.17) is 5.73 Å². The molecular weight excluding hydrogens is 221 g/mol. The molecule has 0 heterocycles. The fourth-order valence-electron chi connectivity index (χ4n) is 1.41. The molecule has 1 aromatic carbocycles. The number of nitrogen functional groups attached to an aromatic ring is 1. The van der Waals surface area contributed by atoms with Gasteiger partial charge in [-0.15, -0.1) is 0 Å². The molecule has 1 aromatic rings. The smallest absolute Gasteiger partial charge is 0.224 e. The van der Waals surface area contributed by atoms with Gasteiger partial charge in [-0.2, -0.15) is 0 Å². The molecule has 5 heteroatoms. The van der Waals surface area contributed by atoms with Gasteiger partial charge in [0, 0.05) is 12.1 Å². The minimum atomic E-state index is -0.472. The molecule has 0 bridgehead atoms. The predicted molar refractivity (Wildman–Crippen MR) is 67.2 cm³/mol. The topological polar surface area (TPSA) is 58.4 Å². The molecule has 0 aliphatic heterocycles. The van der Waals surface area contributed by atoms with Gasteiger partial charge in [-0.25, -0.2) is 4.39 Å². The van der Waals surface area contributed by atoms with Crippen LogP contribution in [0.15, 0.2) is 18.2 Å². The zero-order valence-electron chi connectivity index (χ0n) is 10.2. The number of benzene rings is 1. The van der Waals surface area contributed by atoms with Crippen molar-refractivity contribution in [3.63, 3.8) is 0 Å². The Morgan fingerprint density at radius 3 is 2.82 bits per heavy atom. The van der Waals surface area contributed by atoms with E-state index in [2.05, 4.69) is 5.32 Å². The van der Waals surface area contributed by atoms with Crippen molar-refractivity contribution in [3.05, 3.63) is 24.0 Å². The molecule has 17 heavy (non-hydrogen) atoms. The third-order valence-corrected chi connectivity index (χ3v) is 2.27. The largest absolute Gasteiger partial charge is 0.399 e. The van der Waals surface area contributed by atoms with Gasteiger partial charge < -0.3 is 16.0 Å². The second-order valence-corrected chi connectivity index (χ2v) is 4.19. The number of nitrogens with zero attached hydrogens (tertiary/aromatic N) is 1. The second-order valence-electron chi connectivity index (χ2n) is 4.19. The van der Waals surface area contributed by atoms with Crippen LogP contribution in [0.2, 0.25) is 0 Å². The molecule has 0 atom stereocenters. The molecule has 0 saturated carbocycles. The van der Waals surface area contributed by atoms with E-state index < -0.39 is 5.82 Å². The maximum absolute atomic E-state index is 13.3. The molecule has 0 fully saturated rings. The van der Waals surface area contributed by atoms with Crippen LogP contribution in [0.4, 0.5) is 15.8 Å². The molecular formula is C12H18FN3O. The molecule has 0 aliphatic carbocycles. The molecule has 1 rings (SSSR count). The molecule has 4 nitrogen and oxygen atoms in total. The number of carbonyl (C=O) groups excluding carboxylic acids is 1. The number of hydrogen-bond acceptors (Lipinski definition) is 3. The maximum Gasteiger partial charge on any atom is 0.224 e. The fourth-order valence-corrected chi connectivity index (χ4v) is 1.41. The van der Waals surface area contributed by atoms with Crippen molar-refractivity contribution < 1.29 is 9.18 Å². The Labute approximate surface area is 101 Å². The van der Waals surface area contributed by atoms with Gasteiger partial charge in [0.15, 0.2) is 0 Å². The zero-order chi connectivity index (χ0) is 12.8. The van der Waals surface area contributed by atoms with E-state index >= 15 is 0 Å². The molecule has 0 spiro atoms. The molecule has 0 aromatic heterocycles. The summed E-state index contributed by atoms with van der Waals surface area (Å²) < 4.78 is 13.3. The standard InChI is InChI=1S/C12H18FN3O/c1-16(2)7-3-4-12(17)15-11-8-9(14)5-6-10(11)13/h5-6,8H,3-4,7,14H2,1-2H3,(H,15,17). The van der Waals surface area contributed by atoms with Crippen molar-refractivity contribution >= 4 is 17.3 Å². The molecule has 3 N–H and O–H groups in total. The van der Waals surface area contributed by atoms with E-state index in [0.29, 0.717) is 12.1 Å². The van der Waals surface area contributed by atoms with Crippen LogP contribution in [-0.4, -0.2) is 31.4 Å². The van der Waals surface area contributed by atoms with E-state index in [9.17, 15) is 9.18 Å². The van der Waals surface area contributed by atoms with Gasteiger partial charge in [0.25, 0.3) is 0 Å². The lowest BCUT2D eigenvalue weighted by Crippen LogP contribution is -2.17. The first kappa shape index (κ1) is 13.4. The summed E-state index contributed by atoms with van der Waals surface area (Å²) in [5.41, 5.74) is 6.08. The summed E-state index contributed by atoms with van der Waals surface area (Å²) in [5, 5.41) is 2.51. The minimum Gasteiger partial charge on any atom is -0.399 e. The molecule has 0 aliphatic rings. The van der Waals surface area contributed by atoms with E-state index in [1.54, 1.807) is 0 Å². The predicted octanol–water partition coefficient (Wildman–Crippen LogP) is 1.69. The third kappa shape index (κ3) is 4.82. The average Bonchev–Trinajstić information content (AvgIpc) is 2.23. The van der Waals surface area contributed by atoms with Gasteiger partial charge in [0.05, 0.1) is 5.69 Å². The van der Waals surface area contributed by atoms with E-state index in [0.717, 1.165) is 13.0 Å². The quantitative estimate of drug-likeness (QED) is 0.769. The Hall–Kier alpha value is -1.62. The Kier molecular flexibility index (Phi) is 4.90.